The fourth-order valence-corrected chi connectivity index (χ4v) is 2.13. The van der Waals surface area contributed by atoms with Crippen LogP contribution in [-0.2, 0) is 16.1 Å². The van der Waals surface area contributed by atoms with Crippen molar-refractivity contribution < 1.29 is 19.4 Å². The molecule has 0 aliphatic heterocycles. The number of ether oxygens (including phenoxy) is 1. The first-order chi connectivity index (χ1) is 10.6. The maximum absolute atomic E-state index is 11.9. The van der Waals surface area contributed by atoms with E-state index in [4.69, 9.17) is 16.3 Å². The first kappa shape index (κ1) is 16.3. The molecular formula is C13H12ClN3O4S. The topological polar surface area (TPSA) is 101 Å². The van der Waals surface area contributed by atoms with Crippen LogP contribution < -0.4 is 5.32 Å². The molecule has 1 aromatic heterocycles. The van der Waals surface area contributed by atoms with Gasteiger partial charge in [0.25, 0.3) is 5.91 Å². The number of esters is 1. The Morgan fingerprint density at radius 3 is 2.68 bits per heavy atom. The minimum atomic E-state index is -1.17. The Balaban J connectivity index is 1.92. The van der Waals surface area contributed by atoms with Crippen molar-refractivity contribution in [3.63, 3.8) is 0 Å². The first-order valence-electron chi connectivity index (χ1n) is 6.22. The van der Waals surface area contributed by atoms with Crippen LogP contribution in [0, 0.1) is 0 Å². The molecule has 1 heterocycles. The van der Waals surface area contributed by atoms with Crippen molar-refractivity contribution in [2.75, 3.05) is 6.61 Å². The standard InChI is InChI=1S/C13H12ClN3O4S/c14-11-10(16-17-22-11)7-21-13(20)9(6-18)15-12(19)8-4-2-1-3-5-8/h1-5,9,18H,6-7H2,(H,15,19). The number of nitrogens with one attached hydrogen (secondary N) is 1. The van der Waals surface area contributed by atoms with E-state index in [0.29, 0.717) is 15.6 Å². The smallest absolute Gasteiger partial charge is 0.331 e. The summed E-state index contributed by atoms with van der Waals surface area (Å²) in [6.45, 7) is -0.758. The zero-order valence-electron chi connectivity index (χ0n) is 11.2. The van der Waals surface area contributed by atoms with Crippen LogP contribution in [-0.4, -0.2) is 39.2 Å². The number of hydrogen-bond acceptors (Lipinski definition) is 7. The van der Waals surface area contributed by atoms with Crippen molar-refractivity contribution in [3.8, 4) is 0 Å². The highest BCUT2D eigenvalue weighted by molar-refractivity contribution is 7.10. The number of aromatic nitrogens is 2. The van der Waals surface area contributed by atoms with Crippen LogP contribution in [0.4, 0.5) is 0 Å². The fourth-order valence-electron chi connectivity index (χ4n) is 1.53. The van der Waals surface area contributed by atoms with E-state index in [-0.39, 0.29) is 6.61 Å². The molecule has 1 aromatic carbocycles. The Kier molecular flexibility index (Phi) is 5.82. The van der Waals surface area contributed by atoms with Gasteiger partial charge in [-0.2, -0.15) is 0 Å². The number of carbonyl (C=O) groups is 2. The number of halogens is 1. The van der Waals surface area contributed by atoms with E-state index < -0.39 is 24.5 Å². The minimum Gasteiger partial charge on any atom is -0.457 e. The predicted molar refractivity (Wildman–Crippen MR) is 79.5 cm³/mol. The van der Waals surface area contributed by atoms with Crippen molar-refractivity contribution in [2.24, 2.45) is 0 Å². The second-order valence-electron chi connectivity index (χ2n) is 4.18. The number of rotatable bonds is 6. The maximum Gasteiger partial charge on any atom is 0.331 e. The highest BCUT2D eigenvalue weighted by Gasteiger charge is 2.22. The molecule has 0 bridgehead atoms. The number of carbonyl (C=O) groups excluding carboxylic acids is 2. The van der Waals surface area contributed by atoms with Gasteiger partial charge in [0, 0.05) is 17.1 Å². The molecule has 0 aliphatic rings. The van der Waals surface area contributed by atoms with Gasteiger partial charge >= 0.3 is 5.97 Å². The molecule has 2 N–H and O–H groups in total. The van der Waals surface area contributed by atoms with Gasteiger partial charge in [0.2, 0.25) is 0 Å². The zero-order chi connectivity index (χ0) is 15.9. The Morgan fingerprint density at radius 2 is 2.09 bits per heavy atom. The molecule has 0 fully saturated rings. The molecule has 1 amide bonds. The summed E-state index contributed by atoms with van der Waals surface area (Å²) in [6, 6.07) is 7.17. The summed E-state index contributed by atoms with van der Waals surface area (Å²) >= 11 is 6.76. The monoisotopic (exact) mass is 341 g/mol. The molecule has 2 rings (SSSR count). The molecule has 1 atom stereocenters. The van der Waals surface area contributed by atoms with Gasteiger partial charge in [0.1, 0.15) is 16.6 Å². The van der Waals surface area contributed by atoms with Gasteiger partial charge in [-0.15, -0.1) is 5.10 Å². The van der Waals surface area contributed by atoms with E-state index in [1.807, 2.05) is 0 Å². The lowest BCUT2D eigenvalue weighted by molar-refractivity contribution is -0.148. The van der Waals surface area contributed by atoms with Crippen LogP contribution in [0.2, 0.25) is 4.34 Å². The molecule has 0 aliphatic carbocycles. The highest BCUT2D eigenvalue weighted by Crippen LogP contribution is 2.17. The van der Waals surface area contributed by atoms with E-state index in [1.165, 1.54) is 0 Å². The summed E-state index contributed by atoms with van der Waals surface area (Å²) in [7, 11) is 0. The third kappa shape index (κ3) is 4.23. The Labute approximate surface area is 135 Å². The first-order valence-corrected chi connectivity index (χ1v) is 7.37. The van der Waals surface area contributed by atoms with Crippen molar-refractivity contribution in [1.29, 1.82) is 0 Å². The fraction of sp³-hybridized carbons (Fsp3) is 0.231. The zero-order valence-corrected chi connectivity index (χ0v) is 12.8. The molecule has 116 valence electrons. The predicted octanol–water partition coefficient (Wildman–Crippen LogP) is 1.03. The van der Waals surface area contributed by atoms with E-state index in [2.05, 4.69) is 14.9 Å². The summed E-state index contributed by atoms with van der Waals surface area (Å²) in [6.07, 6.45) is 0. The molecule has 2 aromatic rings. The third-order valence-electron chi connectivity index (χ3n) is 2.67. The molecular weight excluding hydrogens is 330 g/mol. The number of aliphatic hydroxyl groups excluding tert-OH is 1. The Bertz CT molecular complexity index is 650. The quantitative estimate of drug-likeness (QED) is 0.761. The second kappa shape index (κ2) is 7.83. The van der Waals surface area contributed by atoms with Crippen molar-refractivity contribution in [2.45, 2.75) is 12.6 Å². The lowest BCUT2D eigenvalue weighted by Gasteiger charge is -2.15. The van der Waals surface area contributed by atoms with Crippen molar-refractivity contribution in [1.82, 2.24) is 14.9 Å². The van der Waals surface area contributed by atoms with Gasteiger partial charge in [0.15, 0.2) is 6.04 Å². The van der Waals surface area contributed by atoms with Crippen LogP contribution in [0.3, 0.4) is 0 Å². The van der Waals surface area contributed by atoms with Crippen molar-refractivity contribution in [3.05, 3.63) is 45.9 Å². The molecule has 0 saturated heterocycles. The average Bonchev–Trinajstić information content (AvgIpc) is 2.96. The third-order valence-corrected chi connectivity index (χ3v) is 3.65. The van der Waals surface area contributed by atoms with E-state index in [9.17, 15) is 14.7 Å². The van der Waals surface area contributed by atoms with Gasteiger partial charge in [0.05, 0.1) is 6.61 Å². The Hall–Kier alpha value is -2.03. The molecule has 0 radical (unpaired) electrons. The molecule has 7 nitrogen and oxygen atoms in total. The van der Waals surface area contributed by atoms with Crippen LogP contribution >= 0.6 is 23.1 Å². The highest BCUT2D eigenvalue weighted by atomic mass is 35.5. The average molecular weight is 342 g/mol. The lowest BCUT2D eigenvalue weighted by atomic mass is 10.2. The van der Waals surface area contributed by atoms with Crippen molar-refractivity contribution >= 4 is 35.0 Å². The summed E-state index contributed by atoms with van der Waals surface area (Å²) < 4.78 is 8.89. The summed E-state index contributed by atoms with van der Waals surface area (Å²) in [5.41, 5.74) is 0.701. The van der Waals surface area contributed by atoms with E-state index >= 15 is 0 Å². The number of amides is 1. The summed E-state index contributed by atoms with van der Waals surface area (Å²) in [5.74, 6) is -1.26. The Morgan fingerprint density at radius 1 is 1.36 bits per heavy atom. The van der Waals surface area contributed by atoms with Crippen LogP contribution in [0.25, 0.3) is 0 Å². The van der Waals surface area contributed by atoms with E-state index in [1.54, 1.807) is 30.3 Å². The van der Waals surface area contributed by atoms with Gasteiger partial charge in [-0.05, 0) is 12.1 Å². The van der Waals surface area contributed by atoms with Gasteiger partial charge in [-0.3, -0.25) is 4.79 Å². The van der Waals surface area contributed by atoms with Gasteiger partial charge in [-0.1, -0.05) is 34.3 Å². The number of nitrogens with zero attached hydrogens (tertiary/aromatic N) is 2. The number of hydrogen-bond donors (Lipinski definition) is 2. The molecule has 22 heavy (non-hydrogen) atoms. The molecule has 9 heteroatoms. The molecule has 0 spiro atoms. The number of benzene rings is 1. The maximum atomic E-state index is 11.9. The summed E-state index contributed by atoms with van der Waals surface area (Å²) in [4.78, 5) is 23.8. The van der Waals surface area contributed by atoms with Crippen LogP contribution in [0.1, 0.15) is 16.1 Å². The van der Waals surface area contributed by atoms with Gasteiger partial charge < -0.3 is 15.2 Å². The van der Waals surface area contributed by atoms with Gasteiger partial charge in [-0.25, -0.2) is 4.79 Å². The molecule has 1 unspecified atom stereocenters. The summed E-state index contributed by atoms with van der Waals surface area (Å²) in [5, 5.41) is 15.3. The second-order valence-corrected chi connectivity index (χ2v) is 5.53. The SMILES string of the molecule is O=C(NC(CO)C(=O)OCc1nnsc1Cl)c1ccccc1. The lowest BCUT2D eigenvalue weighted by Crippen LogP contribution is -2.44. The molecule has 0 saturated carbocycles. The minimum absolute atomic E-state index is 0.175. The van der Waals surface area contributed by atoms with Crippen LogP contribution in [0.15, 0.2) is 30.3 Å². The largest absolute Gasteiger partial charge is 0.457 e. The normalized spacial score (nSPS) is 11.7. The number of aliphatic hydroxyl groups is 1. The van der Waals surface area contributed by atoms with Crippen LogP contribution in [0.5, 0.6) is 0 Å². The van der Waals surface area contributed by atoms with E-state index in [0.717, 1.165) is 11.5 Å².